The molecule has 3 aliphatic carbocycles. The highest BCUT2D eigenvalue weighted by molar-refractivity contribution is 6.09. The molecule has 0 N–H and O–H groups in total. The lowest BCUT2D eigenvalue weighted by Crippen LogP contribution is -2.27. The standard InChI is InChI=1S/C61H42N2/c1-2-14-41(15-3-1)42-26-32-45(33-27-42)62(46-34-28-43(29-35-46)44-30-36-47(37-31-44)63-59-24-12-7-19-53(59)54-20-8-13-25-60(54)63)48-38-39-52-51-18-6-11-23-57(51)61(58(52)40-48)55-21-9-4-16-49(55)50-17-5-10-22-56(50)61/h1-4,6-16,18-40H,5,17H2. The molecule has 2 heteroatoms. The van der Waals surface area contributed by atoms with Crippen molar-refractivity contribution in [2.45, 2.75) is 18.3 Å². The minimum absolute atomic E-state index is 0.372. The summed E-state index contributed by atoms with van der Waals surface area (Å²) < 4.78 is 2.38. The highest BCUT2D eigenvalue weighted by Gasteiger charge is 2.52. The first-order valence-electron chi connectivity index (χ1n) is 22.1. The fourth-order valence-electron chi connectivity index (χ4n) is 11.2. The largest absolute Gasteiger partial charge is 0.310 e. The van der Waals surface area contributed by atoms with Gasteiger partial charge in [-0.15, -0.1) is 0 Å². The van der Waals surface area contributed by atoms with Gasteiger partial charge in [0.2, 0.25) is 0 Å². The third kappa shape index (κ3) is 5.31. The van der Waals surface area contributed by atoms with Gasteiger partial charge in [-0.1, -0.05) is 170 Å². The molecule has 0 saturated heterocycles. The number of anilines is 3. The van der Waals surface area contributed by atoms with Crippen LogP contribution in [0.3, 0.4) is 0 Å². The molecule has 0 bridgehead atoms. The van der Waals surface area contributed by atoms with Crippen molar-refractivity contribution < 1.29 is 0 Å². The zero-order chi connectivity index (χ0) is 41.5. The van der Waals surface area contributed by atoms with Crippen LogP contribution in [0.4, 0.5) is 17.1 Å². The Hall–Kier alpha value is -7.94. The van der Waals surface area contributed by atoms with Crippen LogP contribution in [-0.2, 0) is 5.41 Å². The van der Waals surface area contributed by atoms with Crippen LogP contribution in [0.25, 0.3) is 66.4 Å². The lowest BCUT2D eigenvalue weighted by Gasteiger charge is -2.33. The van der Waals surface area contributed by atoms with Gasteiger partial charge in [0.15, 0.2) is 0 Å². The minimum Gasteiger partial charge on any atom is -0.310 e. The number of hydrogen-bond acceptors (Lipinski definition) is 1. The second kappa shape index (κ2) is 14.1. The van der Waals surface area contributed by atoms with E-state index in [1.54, 1.807) is 0 Å². The van der Waals surface area contributed by atoms with Crippen molar-refractivity contribution in [2.24, 2.45) is 0 Å². The molecule has 0 amide bonds. The van der Waals surface area contributed by atoms with E-state index in [0.717, 1.165) is 35.6 Å². The number of allylic oxidation sites excluding steroid dienone is 4. The van der Waals surface area contributed by atoms with E-state index in [1.807, 2.05) is 0 Å². The van der Waals surface area contributed by atoms with Gasteiger partial charge in [0.25, 0.3) is 0 Å². The number of nitrogens with zero attached hydrogens (tertiary/aromatic N) is 2. The van der Waals surface area contributed by atoms with E-state index in [0.29, 0.717) is 0 Å². The van der Waals surface area contributed by atoms with Crippen molar-refractivity contribution in [3.63, 3.8) is 0 Å². The first-order valence-corrected chi connectivity index (χ1v) is 22.1. The summed E-state index contributed by atoms with van der Waals surface area (Å²) >= 11 is 0. The van der Waals surface area contributed by atoms with Crippen LogP contribution in [0.2, 0.25) is 0 Å². The van der Waals surface area contributed by atoms with E-state index in [9.17, 15) is 0 Å². The Bertz CT molecular complexity index is 3420. The van der Waals surface area contributed by atoms with Crippen molar-refractivity contribution in [1.29, 1.82) is 0 Å². The Morgan fingerprint density at radius 3 is 1.54 bits per heavy atom. The molecule has 3 aliphatic rings. The quantitative estimate of drug-likeness (QED) is 0.163. The van der Waals surface area contributed by atoms with Gasteiger partial charge >= 0.3 is 0 Å². The van der Waals surface area contributed by atoms with E-state index in [1.165, 1.54) is 88.6 Å². The van der Waals surface area contributed by atoms with Crippen LogP contribution in [0.1, 0.15) is 35.1 Å². The average Bonchev–Trinajstić information content (AvgIpc) is 3.97. The van der Waals surface area contributed by atoms with Crippen LogP contribution >= 0.6 is 0 Å². The van der Waals surface area contributed by atoms with Crippen molar-refractivity contribution in [1.82, 2.24) is 4.57 Å². The third-order valence-corrected chi connectivity index (χ3v) is 13.9. The van der Waals surface area contributed by atoms with Gasteiger partial charge in [0, 0.05) is 33.5 Å². The normalized spacial score (nSPS) is 15.7. The Kier molecular flexibility index (Phi) is 7.98. The molecule has 1 heterocycles. The van der Waals surface area contributed by atoms with Crippen molar-refractivity contribution >= 4 is 44.4 Å². The second-order valence-corrected chi connectivity index (χ2v) is 17.1. The van der Waals surface area contributed by atoms with Crippen molar-refractivity contribution in [3.8, 4) is 39.1 Å². The maximum absolute atomic E-state index is 2.50. The minimum atomic E-state index is -0.372. The molecule has 63 heavy (non-hydrogen) atoms. The number of para-hydroxylation sites is 2. The van der Waals surface area contributed by atoms with Gasteiger partial charge < -0.3 is 9.47 Å². The SMILES string of the molecule is C1=CC2=C(CC1)c1ccccc1C21c2ccccc2-c2ccc(N(c3ccc(-c4ccccc4)cc3)c3ccc(-c4ccc(-n5c6ccccc6c6ccccc65)cc4)cc3)cc21. The summed E-state index contributed by atoms with van der Waals surface area (Å²) in [4.78, 5) is 2.44. The number of fused-ring (bicyclic) bond motifs is 12. The molecule has 0 fully saturated rings. The van der Waals surface area contributed by atoms with Gasteiger partial charge in [-0.2, -0.15) is 0 Å². The van der Waals surface area contributed by atoms with Gasteiger partial charge in [0.1, 0.15) is 0 Å². The molecular weight excluding hydrogens is 761 g/mol. The summed E-state index contributed by atoms with van der Waals surface area (Å²) in [7, 11) is 0. The molecule has 296 valence electrons. The molecule has 13 rings (SSSR count). The number of benzene rings is 9. The molecule has 1 aromatic heterocycles. The zero-order valence-corrected chi connectivity index (χ0v) is 34.7. The first kappa shape index (κ1) is 35.8. The summed E-state index contributed by atoms with van der Waals surface area (Å²) in [6.45, 7) is 0. The first-order chi connectivity index (χ1) is 31.3. The number of aromatic nitrogens is 1. The molecule has 1 unspecified atom stereocenters. The van der Waals surface area contributed by atoms with Gasteiger partial charge in [0.05, 0.1) is 16.4 Å². The summed E-state index contributed by atoms with van der Waals surface area (Å²) in [5, 5.41) is 2.55. The molecule has 9 aromatic carbocycles. The molecule has 10 aromatic rings. The van der Waals surface area contributed by atoms with E-state index in [-0.39, 0.29) is 5.41 Å². The lowest BCUT2D eigenvalue weighted by molar-refractivity contribution is 0.780. The van der Waals surface area contributed by atoms with Crippen LogP contribution in [0, 0.1) is 0 Å². The average molecular weight is 803 g/mol. The summed E-state index contributed by atoms with van der Waals surface area (Å²) in [6, 6.07) is 80.8. The maximum Gasteiger partial charge on any atom is 0.0722 e. The van der Waals surface area contributed by atoms with Crippen molar-refractivity contribution in [2.75, 3.05) is 4.90 Å². The van der Waals surface area contributed by atoms with E-state index in [2.05, 4.69) is 240 Å². The van der Waals surface area contributed by atoms with Crippen LogP contribution in [0.5, 0.6) is 0 Å². The molecule has 0 saturated carbocycles. The number of rotatable bonds is 6. The molecule has 0 aliphatic heterocycles. The smallest absolute Gasteiger partial charge is 0.0722 e. The van der Waals surface area contributed by atoms with E-state index in [4.69, 9.17) is 0 Å². The molecule has 0 radical (unpaired) electrons. The van der Waals surface area contributed by atoms with Gasteiger partial charge in [-0.3, -0.25) is 0 Å². The number of hydrogen-bond donors (Lipinski definition) is 0. The van der Waals surface area contributed by atoms with Gasteiger partial charge in [-0.05, 0) is 140 Å². The van der Waals surface area contributed by atoms with Gasteiger partial charge in [-0.25, -0.2) is 0 Å². The predicted octanol–water partition coefficient (Wildman–Crippen LogP) is 16.0. The van der Waals surface area contributed by atoms with E-state index >= 15 is 0 Å². The Morgan fingerprint density at radius 2 is 0.889 bits per heavy atom. The maximum atomic E-state index is 2.50. The van der Waals surface area contributed by atoms with Crippen LogP contribution < -0.4 is 4.90 Å². The molecule has 1 spiro atoms. The molecule has 1 atom stereocenters. The predicted molar refractivity (Wildman–Crippen MR) is 263 cm³/mol. The Labute approximate surface area is 368 Å². The molecular formula is C61H42N2. The highest BCUT2D eigenvalue weighted by Crippen LogP contribution is 2.64. The fraction of sp³-hybridized carbons (Fsp3) is 0.0492. The lowest BCUT2D eigenvalue weighted by atomic mass is 9.69. The topological polar surface area (TPSA) is 8.17 Å². The Morgan fingerprint density at radius 1 is 0.397 bits per heavy atom. The van der Waals surface area contributed by atoms with Crippen molar-refractivity contribution in [3.05, 3.63) is 258 Å². The summed E-state index contributed by atoms with van der Waals surface area (Å²) in [6.07, 6.45) is 6.96. The van der Waals surface area contributed by atoms with E-state index < -0.39 is 0 Å². The van der Waals surface area contributed by atoms with Crippen LogP contribution in [-0.4, -0.2) is 4.57 Å². The fourth-order valence-corrected chi connectivity index (χ4v) is 11.2. The highest BCUT2D eigenvalue weighted by atomic mass is 15.1. The molecule has 2 nitrogen and oxygen atoms in total. The second-order valence-electron chi connectivity index (χ2n) is 17.1. The Balaban J connectivity index is 0.933. The summed E-state index contributed by atoms with van der Waals surface area (Å²) in [5.74, 6) is 0. The monoisotopic (exact) mass is 802 g/mol. The summed E-state index contributed by atoms with van der Waals surface area (Å²) in [5.41, 5.74) is 22.5. The zero-order valence-electron chi connectivity index (χ0n) is 34.7. The van der Waals surface area contributed by atoms with Crippen LogP contribution in [0.15, 0.2) is 236 Å². The third-order valence-electron chi connectivity index (χ3n) is 13.9.